The van der Waals surface area contributed by atoms with E-state index in [1.807, 2.05) is 0 Å². The van der Waals surface area contributed by atoms with Crippen LogP contribution >= 0.6 is 0 Å². The monoisotopic (exact) mass is 241 g/mol. The van der Waals surface area contributed by atoms with Crippen LogP contribution in [0.15, 0.2) is 0 Å². The van der Waals surface area contributed by atoms with Gasteiger partial charge in [-0.15, -0.1) is 0 Å². The van der Waals surface area contributed by atoms with Crippen molar-refractivity contribution >= 4 is 5.84 Å². The maximum Gasteiger partial charge on any atom is 0.129 e. The van der Waals surface area contributed by atoms with E-state index in [1.165, 1.54) is 0 Å². The minimum absolute atomic E-state index is 0.409. The van der Waals surface area contributed by atoms with Crippen molar-refractivity contribution < 1.29 is 9.47 Å². The van der Waals surface area contributed by atoms with Crippen LogP contribution in [0.2, 0.25) is 0 Å². The molecule has 0 aromatic heterocycles. The molecule has 2 aliphatic rings. The predicted molar refractivity (Wildman–Crippen MR) is 66.6 cm³/mol. The second kappa shape index (κ2) is 5.33. The van der Waals surface area contributed by atoms with Crippen molar-refractivity contribution in [1.82, 2.24) is 9.80 Å². The molecular formula is C12H23N3O2. The molecule has 0 unspecified atom stereocenters. The predicted octanol–water partition coefficient (Wildman–Crippen LogP) is 0.407. The fourth-order valence-corrected chi connectivity index (χ4v) is 2.56. The average Bonchev–Trinajstić information content (AvgIpc) is 2.39. The molecule has 0 bridgehead atoms. The topological polar surface area (TPSA) is 48.8 Å². The Hall–Kier alpha value is -0.650. The number of rotatable bonds is 2. The minimum atomic E-state index is -0.409. The van der Waals surface area contributed by atoms with Crippen LogP contribution in [0.5, 0.6) is 0 Å². The highest BCUT2D eigenvalue weighted by atomic mass is 16.5. The van der Waals surface area contributed by atoms with Crippen LogP contribution in [0, 0.1) is 5.41 Å². The maximum atomic E-state index is 8.42. The van der Waals surface area contributed by atoms with Gasteiger partial charge in [-0.25, -0.2) is 0 Å². The number of nitrogens with one attached hydrogen (secondary N) is 1. The number of amidine groups is 1. The van der Waals surface area contributed by atoms with Crippen molar-refractivity contribution in [2.24, 2.45) is 0 Å². The number of hydrogen-bond acceptors (Lipinski definition) is 4. The molecule has 17 heavy (non-hydrogen) atoms. The smallest absolute Gasteiger partial charge is 0.129 e. The number of ether oxygens (including phenoxy) is 2. The summed E-state index contributed by atoms with van der Waals surface area (Å²) in [5, 5.41) is 8.42. The van der Waals surface area contributed by atoms with Crippen LogP contribution in [-0.2, 0) is 9.47 Å². The zero-order valence-electron chi connectivity index (χ0n) is 10.9. The van der Waals surface area contributed by atoms with E-state index in [1.54, 1.807) is 7.11 Å². The SMILES string of the molecule is COC1(C(=N)N2CCN(C)CC2)CCOCC1. The molecule has 1 N–H and O–H groups in total. The summed E-state index contributed by atoms with van der Waals surface area (Å²) in [7, 11) is 3.84. The van der Waals surface area contributed by atoms with Crippen LogP contribution in [0.1, 0.15) is 12.8 Å². The first-order valence-electron chi connectivity index (χ1n) is 6.33. The summed E-state index contributed by atoms with van der Waals surface area (Å²) in [5.74, 6) is 0.649. The first kappa shape index (κ1) is 12.8. The van der Waals surface area contributed by atoms with Crippen LogP contribution < -0.4 is 0 Å². The van der Waals surface area contributed by atoms with Gasteiger partial charge in [-0.3, -0.25) is 5.41 Å². The Bertz CT molecular complexity index is 269. The molecule has 0 radical (unpaired) electrons. The summed E-state index contributed by atoms with van der Waals surface area (Å²) in [6.45, 7) is 5.31. The van der Waals surface area contributed by atoms with Gasteiger partial charge in [0.2, 0.25) is 0 Å². The lowest BCUT2D eigenvalue weighted by Crippen LogP contribution is -2.57. The number of hydrogen-bond donors (Lipinski definition) is 1. The highest BCUT2D eigenvalue weighted by molar-refractivity contribution is 5.88. The third-order valence-corrected chi connectivity index (χ3v) is 3.94. The van der Waals surface area contributed by atoms with Crippen molar-refractivity contribution in [3.8, 4) is 0 Å². The number of piperazine rings is 1. The van der Waals surface area contributed by atoms with Gasteiger partial charge in [0, 0.05) is 59.3 Å². The van der Waals surface area contributed by atoms with Crippen LogP contribution in [0.4, 0.5) is 0 Å². The van der Waals surface area contributed by atoms with Gasteiger partial charge in [0.15, 0.2) is 0 Å². The van der Waals surface area contributed by atoms with Gasteiger partial charge in [-0.2, -0.15) is 0 Å². The van der Waals surface area contributed by atoms with Crippen molar-refractivity contribution in [1.29, 1.82) is 5.41 Å². The molecule has 5 nitrogen and oxygen atoms in total. The van der Waals surface area contributed by atoms with E-state index in [-0.39, 0.29) is 0 Å². The molecule has 2 heterocycles. The van der Waals surface area contributed by atoms with Gasteiger partial charge in [-0.05, 0) is 7.05 Å². The second-order valence-electron chi connectivity index (χ2n) is 4.95. The summed E-state index contributed by atoms with van der Waals surface area (Å²) in [5.41, 5.74) is -0.409. The molecule has 5 heteroatoms. The van der Waals surface area contributed by atoms with Crippen LogP contribution in [0.25, 0.3) is 0 Å². The van der Waals surface area contributed by atoms with Gasteiger partial charge in [0.05, 0.1) is 0 Å². The number of nitrogens with zero attached hydrogens (tertiary/aromatic N) is 2. The van der Waals surface area contributed by atoms with Gasteiger partial charge in [0.25, 0.3) is 0 Å². The largest absolute Gasteiger partial charge is 0.381 e. The molecule has 2 saturated heterocycles. The lowest BCUT2D eigenvalue weighted by molar-refractivity contribution is -0.0538. The molecule has 0 spiro atoms. The van der Waals surface area contributed by atoms with E-state index >= 15 is 0 Å². The lowest BCUT2D eigenvalue weighted by Gasteiger charge is -2.43. The average molecular weight is 241 g/mol. The lowest BCUT2D eigenvalue weighted by atomic mass is 9.91. The molecule has 0 aromatic carbocycles. The highest BCUT2D eigenvalue weighted by Crippen LogP contribution is 2.27. The Kier molecular flexibility index (Phi) is 4.01. The third-order valence-electron chi connectivity index (χ3n) is 3.94. The van der Waals surface area contributed by atoms with Crippen LogP contribution in [-0.4, -0.2) is 74.8 Å². The van der Waals surface area contributed by atoms with Gasteiger partial charge >= 0.3 is 0 Å². The van der Waals surface area contributed by atoms with Gasteiger partial charge in [-0.1, -0.05) is 0 Å². The van der Waals surface area contributed by atoms with E-state index in [0.29, 0.717) is 19.0 Å². The third kappa shape index (κ3) is 2.61. The molecule has 2 rings (SSSR count). The Morgan fingerprint density at radius 2 is 1.76 bits per heavy atom. The molecule has 0 atom stereocenters. The minimum Gasteiger partial charge on any atom is -0.381 e. The van der Waals surface area contributed by atoms with E-state index in [9.17, 15) is 0 Å². The molecule has 0 aliphatic carbocycles. The van der Waals surface area contributed by atoms with E-state index in [4.69, 9.17) is 14.9 Å². The Balaban J connectivity index is 2.01. The zero-order chi connectivity index (χ0) is 12.3. The molecule has 98 valence electrons. The van der Waals surface area contributed by atoms with E-state index in [2.05, 4.69) is 16.8 Å². The Morgan fingerprint density at radius 1 is 1.18 bits per heavy atom. The van der Waals surface area contributed by atoms with Crippen molar-refractivity contribution in [3.05, 3.63) is 0 Å². The summed E-state index contributed by atoms with van der Waals surface area (Å²) >= 11 is 0. The van der Waals surface area contributed by atoms with Crippen molar-refractivity contribution in [3.63, 3.8) is 0 Å². The zero-order valence-corrected chi connectivity index (χ0v) is 10.9. The van der Waals surface area contributed by atoms with Gasteiger partial charge < -0.3 is 19.3 Å². The first-order chi connectivity index (χ1) is 8.18. The molecule has 0 aromatic rings. The van der Waals surface area contributed by atoms with E-state index < -0.39 is 5.60 Å². The fraction of sp³-hybridized carbons (Fsp3) is 0.917. The summed E-state index contributed by atoms with van der Waals surface area (Å²) in [6, 6.07) is 0. The summed E-state index contributed by atoms with van der Waals surface area (Å²) in [4.78, 5) is 4.46. The number of likely N-dealkylation sites (N-methyl/N-ethyl adjacent to an activating group) is 1. The molecule has 2 fully saturated rings. The molecule has 0 saturated carbocycles. The summed E-state index contributed by atoms with van der Waals surface area (Å²) < 4.78 is 11.0. The highest BCUT2D eigenvalue weighted by Gasteiger charge is 2.40. The number of methoxy groups -OCH3 is 1. The second-order valence-corrected chi connectivity index (χ2v) is 4.95. The Labute approximate surface area is 103 Å². The first-order valence-corrected chi connectivity index (χ1v) is 6.33. The molecule has 2 aliphatic heterocycles. The van der Waals surface area contributed by atoms with Crippen molar-refractivity contribution in [2.75, 3.05) is 53.6 Å². The Morgan fingerprint density at radius 3 is 2.29 bits per heavy atom. The fourth-order valence-electron chi connectivity index (χ4n) is 2.56. The van der Waals surface area contributed by atoms with E-state index in [0.717, 1.165) is 39.0 Å². The summed E-state index contributed by atoms with van der Waals surface area (Å²) in [6.07, 6.45) is 1.60. The van der Waals surface area contributed by atoms with Crippen LogP contribution in [0.3, 0.4) is 0 Å². The molecule has 0 amide bonds. The van der Waals surface area contributed by atoms with Gasteiger partial charge in [0.1, 0.15) is 11.4 Å². The maximum absolute atomic E-state index is 8.42. The quantitative estimate of drug-likeness (QED) is 0.562. The normalized spacial score (nSPS) is 25.9. The molecular weight excluding hydrogens is 218 g/mol. The van der Waals surface area contributed by atoms with Crippen molar-refractivity contribution in [2.45, 2.75) is 18.4 Å². The standard InChI is InChI=1S/C12H23N3O2/c1-14-5-7-15(8-6-14)11(13)12(16-2)3-9-17-10-4-12/h13H,3-10H2,1-2H3.